The molecule has 0 aliphatic heterocycles. The van der Waals surface area contributed by atoms with E-state index in [1.165, 1.54) is 5.56 Å². The highest BCUT2D eigenvalue weighted by molar-refractivity contribution is 5.67. The maximum atomic E-state index is 10.7. The summed E-state index contributed by atoms with van der Waals surface area (Å²) in [5, 5.41) is 8.81. The van der Waals surface area contributed by atoms with Crippen molar-refractivity contribution in [2.24, 2.45) is 5.92 Å². The molecule has 1 aliphatic rings. The lowest BCUT2D eigenvalue weighted by Gasteiger charge is -2.11. The van der Waals surface area contributed by atoms with Crippen molar-refractivity contribution in [1.82, 2.24) is 0 Å². The van der Waals surface area contributed by atoms with E-state index in [0.29, 0.717) is 24.9 Å². The molecule has 0 spiro atoms. The van der Waals surface area contributed by atoms with Gasteiger partial charge in [0.05, 0.1) is 6.61 Å². The minimum atomic E-state index is -0.674. The number of ether oxygens (including phenoxy) is 1. The number of hydrogen-bond donors (Lipinski definition) is 1. The maximum absolute atomic E-state index is 10.7. The molecule has 0 saturated heterocycles. The van der Waals surface area contributed by atoms with Crippen LogP contribution in [0.4, 0.5) is 0 Å². The third kappa shape index (κ3) is 3.25. The topological polar surface area (TPSA) is 46.5 Å². The fourth-order valence-corrected chi connectivity index (χ4v) is 2.81. The monoisotopic (exact) mass is 248 g/mol. The quantitative estimate of drug-likeness (QED) is 0.868. The minimum absolute atomic E-state index is 0.313. The van der Waals surface area contributed by atoms with Gasteiger partial charge >= 0.3 is 5.97 Å². The first-order chi connectivity index (χ1) is 8.69. The Kier molecular flexibility index (Phi) is 4.24. The van der Waals surface area contributed by atoms with Gasteiger partial charge in [0.25, 0.3) is 0 Å². The molecule has 1 aliphatic carbocycles. The fraction of sp³-hybridized carbons (Fsp3) is 0.533. The third-order valence-electron chi connectivity index (χ3n) is 3.67. The molecular formula is C15H20O3. The highest BCUT2D eigenvalue weighted by Crippen LogP contribution is 2.40. The van der Waals surface area contributed by atoms with Crippen LogP contribution in [-0.4, -0.2) is 17.7 Å². The molecule has 0 bridgehead atoms. The summed E-state index contributed by atoms with van der Waals surface area (Å²) in [5.74, 6) is 1.10. The smallest absolute Gasteiger partial charge is 0.303 e. The van der Waals surface area contributed by atoms with Gasteiger partial charge in [0.1, 0.15) is 5.75 Å². The number of benzene rings is 1. The van der Waals surface area contributed by atoms with Crippen molar-refractivity contribution in [1.29, 1.82) is 0 Å². The fourth-order valence-electron chi connectivity index (χ4n) is 2.81. The molecule has 1 aromatic rings. The van der Waals surface area contributed by atoms with Crippen molar-refractivity contribution in [3.8, 4) is 5.75 Å². The van der Waals surface area contributed by atoms with Crippen LogP contribution in [0.25, 0.3) is 0 Å². The molecule has 0 heterocycles. The molecule has 98 valence electrons. The second-order valence-corrected chi connectivity index (χ2v) is 4.98. The summed E-state index contributed by atoms with van der Waals surface area (Å²) in [6.07, 6.45) is 3.45. The van der Waals surface area contributed by atoms with Crippen molar-refractivity contribution < 1.29 is 14.6 Å². The molecule has 0 aromatic heterocycles. The zero-order valence-corrected chi connectivity index (χ0v) is 10.8. The average molecular weight is 248 g/mol. The molecule has 2 rings (SSSR count). The Balaban J connectivity index is 1.94. The van der Waals surface area contributed by atoms with Gasteiger partial charge in [0.15, 0.2) is 0 Å². The Morgan fingerprint density at radius 2 is 2.06 bits per heavy atom. The predicted molar refractivity (Wildman–Crippen MR) is 69.9 cm³/mol. The Morgan fingerprint density at radius 1 is 1.33 bits per heavy atom. The SMILES string of the molecule is CCOc1ccc(C2CCC(CC(=O)O)C2)cc1. The van der Waals surface area contributed by atoms with E-state index in [-0.39, 0.29) is 0 Å². The van der Waals surface area contributed by atoms with Gasteiger partial charge < -0.3 is 9.84 Å². The summed E-state index contributed by atoms with van der Waals surface area (Å²) in [5.41, 5.74) is 1.31. The normalized spacial score (nSPS) is 22.9. The number of carbonyl (C=O) groups is 1. The first kappa shape index (κ1) is 12.9. The highest BCUT2D eigenvalue weighted by atomic mass is 16.5. The van der Waals surface area contributed by atoms with E-state index in [1.807, 2.05) is 19.1 Å². The molecule has 2 unspecified atom stereocenters. The minimum Gasteiger partial charge on any atom is -0.494 e. The van der Waals surface area contributed by atoms with Crippen molar-refractivity contribution in [3.63, 3.8) is 0 Å². The van der Waals surface area contributed by atoms with E-state index >= 15 is 0 Å². The standard InChI is InChI=1S/C15H20O3/c1-2-18-14-7-5-12(6-8-14)13-4-3-11(9-13)10-15(16)17/h5-8,11,13H,2-4,9-10H2,1H3,(H,16,17). The van der Waals surface area contributed by atoms with Crippen molar-refractivity contribution >= 4 is 5.97 Å². The van der Waals surface area contributed by atoms with E-state index in [2.05, 4.69) is 12.1 Å². The second kappa shape index (κ2) is 5.89. The largest absolute Gasteiger partial charge is 0.494 e. The lowest BCUT2D eigenvalue weighted by Crippen LogP contribution is -2.04. The van der Waals surface area contributed by atoms with Crippen LogP contribution in [0.2, 0.25) is 0 Å². The van der Waals surface area contributed by atoms with E-state index in [0.717, 1.165) is 25.0 Å². The third-order valence-corrected chi connectivity index (χ3v) is 3.67. The predicted octanol–water partition coefficient (Wildman–Crippen LogP) is 3.44. The van der Waals surface area contributed by atoms with E-state index in [4.69, 9.17) is 9.84 Å². The van der Waals surface area contributed by atoms with E-state index in [1.54, 1.807) is 0 Å². The summed E-state index contributed by atoms with van der Waals surface area (Å²) in [7, 11) is 0. The molecule has 2 atom stereocenters. The summed E-state index contributed by atoms with van der Waals surface area (Å²) in [6, 6.07) is 8.23. The van der Waals surface area contributed by atoms with Crippen molar-refractivity contribution in [2.75, 3.05) is 6.61 Å². The molecular weight excluding hydrogens is 228 g/mol. The van der Waals surface area contributed by atoms with Crippen LogP contribution in [0.5, 0.6) is 5.75 Å². The molecule has 0 amide bonds. The van der Waals surface area contributed by atoms with Crippen LogP contribution in [0.3, 0.4) is 0 Å². The molecule has 3 heteroatoms. The number of aliphatic carboxylic acids is 1. The average Bonchev–Trinajstić information content (AvgIpc) is 2.78. The van der Waals surface area contributed by atoms with Crippen LogP contribution in [0.1, 0.15) is 44.1 Å². The van der Waals surface area contributed by atoms with Gasteiger partial charge in [0, 0.05) is 6.42 Å². The van der Waals surface area contributed by atoms with Crippen molar-refractivity contribution in [2.45, 2.75) is 38.5 Å². The molecule has 1 N–H and O–H groups in total. The summed E-state index contributed by atoms with van der Waals surface area (Å²) < 4.78 is 5.42. The van der Waals surface area contributed by atoms with Gasteiger partial charge in [-0.05, 0) is 55.7 Å². The lowest BCUT2D eigenvalue weighted by atomic mass is 9.95. The number of hydrogen-bond acceptors (Lipinski definition) is 2. The number of carboxylic acids is 1. The van der Waals surface area contributed by atoms with Crippen LogP contribution in [-0.2, 0) is 4.79 Å². The van der Waals surface area contributed by atoms with Gasteiger partial charge in [0.2, 0.25) is 0 Å². The maximum Gasteiger partial charge on any atom is 0.303 e. The molecule has 0 radical (unpaired) electrons. The highest BCUT2D eigenvalue weighted by Gasteiger charge is 2.27. The van der Waals surface area contributed by atoms with E-state index in [9.17, 15) is 4.79 Å². The molecule has 3 nitrogen and oxygen atoms in total. The Morgan fingerprint density at radius 3 is 2.67 bits per heavy atom. The molecule has 1 fully saturated rings. The van der Waals surface area contributed by atoms with Crippen LogP contribution in [0, 0.1) is 5.92 Å². The number of carboxylic acid groups (broad SMARTS) is 1. The lowest BCUT2D eigenvalue weighted by molar-refractivity contribution is -0.138. The summed E-state index contributed by atoms with van der Waals surface area (Å²) >= 11 is 0. The van der Waals surface area contributed by atoms with Crippen LogP contribution in [0.15, 0.2) is 24.3 Å². The van der Waals surface area contributed by atoms with Crippen LogP contribution >= 0.6 is 0 Å². The second-order valence-electron chi connectivity index (χ2n) is 4.98. The van der Waals surface area contributed by atoms with Crippen molar-refractivity contribution in [3.05, 3.63) is 29.8 Å². The zero-order valence-electron chi connectivity index (χ0n) is 10.8. The van der Waals surface area contributed by atoms with Gasteiger partial charge in [-0.15, -0.1) is 0 Å². The summed E-state index contributed by atoms with van der Waals surface area (Å²) in [6.45, 7) is 2.66. The summed E-state index contributed by atoms with van der Waals surface area (Å²) in [4.78, 5) is 10.7. The van der Waals surface area contributed by atoms with E-state index < -0.39 is 5.97 Å². The Hall–Kier alpha value is -1.51. The Bertz CT molecular complexity index is 397. The van der Waals surface area contributed by atoms with Gasteiger partial charge in [-0.1, -0.05) is 12.1 Å². The first-order valence-corrected chi connectivity index (χ1v) is 6.63. The Labute approximate surface area is 108 Å². The van der Waals surface area contributed by atoms with Gasteiger partial charge in [-0.2, -0.15) is 0 Å². The zero-order chi connectivity index (χ0) is 13.0. The molecule has 1 aromatic carbocycles. The van der Waals surface area contributed by atoms with Crippen LogP contribution < -0.4 is 4.74 Å². The van der Waals surface area contributed by atoms with Gasteiger partial charge in [-0.25, -0.2) is 0 Å². The number of rotatable bonds is 5. The molecule has 18 heavy (non-hydrogen) atoms. The molecule has 1 saturated carbocycles. The first-order valence-electron chi connectivity index (χ1n) is 6.63. The van der Waals surface area contributed by atoms with Gasteiger partial charge in [-0.3, -0.25) is 4.79 Å².